The van der Waals surface area contributed by atoms with Gasteiger partial charge in [-0.2, -0.15) is 0 Å². The lowest BCUT2D eigenvalue weighted by Crippen LogP contribution is -2.35. The molecule has 16 heavy (non-hydrogen) atoms. The van der Waals surface area contributed by atoms with Crippen LogP contribution in [0.3, 0.4) is 0 Å². The molecule has 94 valence electrons. The van der Waals surface area contributed by atoms with Crippen molar-refractivity contribution in [3.05, 3.63) is 0 Å². The summed E-state index contributed by atoms with van der Waals surface area (Å²) < 4.78 is 24.5. The van der Waals surface area contributed by atoms with Gasteiger partial charge in [0, 0.05) is 0 Å². The summed E-state index contributed by atoms with van der Waals surface area (Å²) in [5, 5.41) is 3.27. The summed E-state index contributed by atoms with van der Waals surface area (Å²) in [6.07, 6.45) is 7.32. The normalized spacial score (nSPS) is 25.8. The van der Waals surface area contributed by atoms with Crippen molar-refractivity contribution in [3.8, 4) is 0 Å². The highest BCUT2D eigenvalue weighted by Gasteiger charge is 2.30. The van der Waals surface area contributed by atoms with Gasteiger partial charge in [0.25, 0.3) is 0 Å². The molecule has 2 fully saturated rings. The van der Waals surface area contributed by atoms with Gasteiger partial charge in [-0.25, -0.2) is 8.42 Å². The van der Waals surface area contributed by atoms with Gasteiger partial charge < -0.3 is 5.32 Å². The summed E-state index contributed by atoms with van der Waals surface area (Å²) in [7, 11) is -2.81. The minimum absolute atomic E-state index is 0.0175. The van der Waals surface area contributed by atoms with E-state index in [4.69, 9.17) is 0 Å². The van der Waals surface area contributed by atoms with Crippen LogP contribution >= 0.6 is 0 Å². The van der Waals surface area contributed by atoms with Gasteiger partial charge >= 0.3 is 0 Å². The fraction of sp³-hybridized carbons (Fsp3) is 1.00. The third-order valence-corrected chi connectivity index (χ3v) is 6.41. The zero-order chi connectivity index (χ0) is 11.4. The van der Waals surface area contributed by atoms with Crippen molar-refractivity contribution < 1.29 is 8.42 Å². The van der Waals surface area contributed by atoms with Gasteiger partial charge in [-0.15, -0.1) is 0 Å². The Morgan fingerprint density at radius 1 is 0.938 bits per heavy atom. The molecule has 0 aromatic carbocycles. The first-order valence-corrected chi connectivity index (χ1v) is 8.32. The third-order valence-electron chi connectivity index (χ3n) is 3.99. The molecular weight excluding hydrogens is 222 g/mol. The molecule has 2 aliphatic rings. The highest BCUT2D eigenvalue weighted by atomic mass is 32.2. The maximum absolute atomic E-state index is 12.2. The van der Waals surface area contributed by atoms with Crippen LogP contribution in [0.5, 0.6) is 0 Å². The van der Waals surface area contributed by atoms with E-state index in [0.29, 0.717) is 11.7 Å². The van der Waals surface area contributed by atoms with Crippen molar-refractivity contribution in [2.75, 3.05) is 18.8 Å². The summed E-state index contributed by atoms with van der Waals surface area (Å²) >= 11 is 0. The number of hydrogen-bond donors (Lipinski definition) is 1. The van der Waals surface area contributed by atoms with Gasteiger partial charge in [-0.3, -0.25) is 0 Å². The van der Waals surface area contributed by atoms with E-state index in [2.05, 4.69) is 5.32 Å². The van der Waals surface area contributed by atoms with E-state index >= 15 is 0 Å². The second kappa shape index (κ2) is 5.50. The van der Waals surface area contributed by atoms with E-state index in [1.54, 1.807) is 0 Å². The lowest BCUT2D eigenvalue weighted by Gasteiger charge is -2.27. The van der Waals surface area contributed by atoms with Crippen LogP contribution in [0.4, 0.5) is 0 Å². The third kappa shape index (κ3) is 3.20. The second-order valence-electron chi connectivity index (χ2n) is 5.28. The molecule has 0 radical (unpaired) electrons. The maximum Gasteiger partial charge on any atom is 0.153 e. The van der Waals surface area contributed by atoms with Crippen LogP contribution in [0.25, 0.3) is 0 Å². The minimum Gasteiger partial charge on any atom is -0.317 e. The summed E-state index contributed by atoms with van der Waals surface area (Å²) in [6.45, 7) is 1.98. The smallest absolute Gasteiger partial charge is 0.153 e. The standard InChI is InChI=1S/C12H23NO2S/c14-16(15,12-4-2-1-3-5-12)10-11-6-8-13-9-7-11/h11-13H,1-10H2. The second-order valence-corrected chi connectivity index (χ2v) is 7.61. The molecule has 1 saturated carbocycles. The molecule has 1 aliphatic carbocycles. The van der Waals surface area contributed by atoms with E-state index in [1.165, 1.54) is 6.42 Å². The number of piperidine rings is 1. The Morgan fingerprint density at radius 3 is 2.19 bits per heavy atom. The predicted molar refractivity (Wildman–Crippen MR) is 66.3 cm³/mol. The van der Waals surface area contributed by atoms with Crippen LogP contribution in [0.1, 0.15) is 44.9 Å². The van der Waals surface area contributed by atoms with Crippen molar-refractivity contribution in [1.29, 1.82) is 0 Å². The van der Waals surface area contributed by atoms with E-state index in [0.717, 1.165) is 51.6 Å². The lowest BCUT2D eigenvalue weighted by molar-refractivity contribution is 0.397. The van der Waals surface area contributed by atoms with Crippen LogP contribution in [0.15, 0.2) is 0 Å². The molecule has 0 amide bonds. The summed E-state index contributed by atoms with van der Waals surface area (Å²) in [4.78, 5) is 0. The number of hydrogen-bond acceptors (Lipinski definition) is 3. The van der Waals surface area contributed by atoms with Crippen LogP contribution in [0.2, 0.25) is 0 Å². The highest BCUT2D eigenvalue weighted by molar-refractivity contribution is 7.92. The molecule has 3 nitrogen and oxygen atoms in total. The molecule has 0 unspecified atom stereocenters. The molecule has 0 bridgehead atoms. The minimum atomic E-state index is -2.81. The van der Waals surface area contributed by atoms with Gasteiger partial charge in [-0.1, -0.05) is 19.3 Å². The SMILES string of the molecule is O=S(=O)(CC1CCNCC1)C1CCCCC1. The Morgan fingerprint density at radius 2 is 1.56 bits per heavy atom. The number of rotatable bonds is 3. The fourth-order valence-corrected chi connectivity index (χ4v) is 5.25. The van der Waals surface area contributed by atoms with Crippen molar-refractivity contribution in [3.63, 3.8) is 0 Å². The van der Waals surface area contributed by atoms with E-state index < -0.39 is 9.84 Å². The van der Waals surface area contributed by atoms with E-state index in [-0.39, 0.29) is 5.25 Å². The first-order chi connectivity index (χ1) is 7.68. The van der Waals surface area contributed by atoms with Crippen molar-refractivity contribution in [1.82, 2.24) is 5.32 Å². The molecule has 1 aliphatic heterocycles. The Hall–Kier alpha value is -0.0900. The van der Waals surface area contributed by atoms with Crippen molar-refractivity contribution in [2.45, 2.75) is 50.2 Å². The number of sulfone groups is 1. The average molecular weight is 245 g/mol. The largest absolute Gasteiger partial charge is 0.317 e. The molecule has 2 rings (SSSR count). The maximum atomic E-state index is 12.2. The molecule has 0 atom stereocenters. The van der Waals surface area contributed by atoms with Crippen molar-refractivity contribution in [2.24, 2.45) is 5.92 Å². The van der Waals surface area contributed by atoms with Crippen LogP contribution in [-0.4, -0.2) is 32.5 Å². The molecule has 1 heterocycles. The Balaban J connectivity index is 1.90. The first-order valence-electron chi connectivity index (χ1n) is 6.61. The fourth-order valence-electron chi connectivity index (χ4n) is 2.94. The quantitative estimate of drug-likeness (QED) is 0.823. The van der Waals surface area contributed by atoms with Gasteiger partial charge in [0.15, 0.2) is 9.84 Å². The van der Waals surface area contributed by atoms with Crippen LogP contribution < -0.4 is 5.32 Å². The summed E-state index contributed by atoms with van der Waals surface area (Å²) in [5.74, 6) is 0.854. The summed E-state index contributed by atoms with van der Waals surface area (Å²) in [6, 6.07) is 0. The van der Waals surface area contributed by atoms with Gasteiger partial charge in [0.2, 0.25) is 0 Å². The Kier molecular flexibility index (Phi) is 4.25. The molecule has 0 spiro atoms. The molecule has 1 N–H and O–H groups in total. The zero-order valence-electron chi connectivity index (χ0n) is 9.95. The van der Waals surface area contributed by atoms with Gasteiger partial charge in [0.05, 0.1) is 11.0 Å². The number of nitrogens with one attached hydrogen (secondary N) is 1. The summed E-state index contributed by atoms with van der Waals surface area (Å²) in [5.41, 5.74) is 0. The zero-order valence-corrected chi connectivity index (χ0v) is 10.8. The van der Waals surface area contributed by atoms with E-state index in [9.17, 15) is 8.42 Å². The topological polar surface area (TPSA) is 46.2 Å². The molecule has 0 aromatic rings. The predicted octanol–water partition coefficient (Wildman–Crippen LogP) is 1.73. The van der Waals surface area contributed by atoms with Gasteiger partial charge in [0.1, 0.15) is 0 Å². The highest BCUT2D eigenvalue weighted by Crippen LogP contribution is 2.26. The van der Waals surface area contributed by atoms with Crippen LogP contribution in [0, 0.1) is 5.92 Å². The first kappa shape index (κ1) is 12.4. The van der Waals surface area contributed by atoms with E-state index in [1.807, 2.05) is 0 Å². The Bertz CT molecular complexity index is 301. The lowest BCUT2D eigenvalue weighted by atomic mass is 10.00. The molecular formula is C12H23NO2S. The molecule has 1 saturated heterocycles. The van der Waals surface area contributed by atoms with Crippen LogP contribution in [-0.2, 0) is 9.84 Å². The van der Waals surface area contributed by atoms with Crippen molar-refractivity contribution >= 4 is 9.84 Å². The molecule has 4 heteroatoms. The Labute approximate surface area is 98.9 Å². The average Bonchev–Trinajstić information content (AvgIpc) is 2.31. The van der Waals surface area contributed by atoms with Gasteiger partial charge in [-0.05, 0) is 44.7 Å². The molecule has 0 aromatic heterocycles. The monoisotopic (exact) mass is 245 g/mol.